The Kier molecular flexibility index (Phi) is 4.74. The van der Waals surface area contributed by atoms with E-state index in [2.05, 4.69) is 20.4 Å². The highest BCUT2D eigenvalue weighted by molar-refractivity contribution is 5.52. The average molecular weight is 427 g/mol. The van der Waals surface area contributed by atoms with Crippen LogP contribution in [0.1, 0.15) is 23.7 Å². The Hall–Kier alpha value is -3.60. The summed E-state index contributed by atoms with van der Waals surface area (Å²) in [6, 6.07) is 6.55. The molecule has 0 amide bonds. The van der Waals surface area contributed by atoms with Crippen LogP contribution in [0.25, 0.3) is 11.5 Å². The molecule has 0 aliphatic carbocycles. The van der Waals surface area contributed by atoms with Gasteiger partial charge in [0.2, 0.25) is 0 Å². The quantitative estimate of drug-likeness (QED) is 0.502. The fourth-order valence-corrected chi connectivity index (χ4v) is 3.93. The van der Waals surface area contributed by atoms with E-state index in [-0.39, 0.29) is 25.3 Å². The van der Waals surface area contributed by atoms with E-state index in [4.69, 9.17) is 5.11 Å². The third-order valence-electron chi connectivity index (χ3n) is 5.37. The van der Waals surface area contributed by atoms with Gasteiger partial charge in [0.25, 0.3) is 0 Å². The lowest BCUT2D eigenvalue weighted by atomic mass is 10.0. The maximum atomic E-state index is 14.4. The maximum absolute atomic E-state index is 14.4. The second kappa shape index (κ2) is 7.58. The molecule has 5 rings (SSSR count). The third-order valence-corrected chi connectivity index (χ3v) is 5.37. The summed E-state index contributed by atoms with van der Waals surface area (Å²) in [5.41, 5.74) is 1.49. The molecule has 1 saturated heterocycles. The number of alkyl halides is 1. The van der Waals surface area contributed by atoms with Crippen LogP contribution in [0, 0.1) is 5.82 Å². The van der Waals surface area contributed by atoms with Gasteiger partial charge in [-0.05, 0) is 30.3 Å². The SMILES string of the molecule is OCCc1cn(-c2cnc3ccc(N4C[C@@H](F)C[C@@H]4c4cc(F)ccc4O)nn23)nn1. The molecule has 1 aliphatic heterocycles. The predicted octanol–water partition coefficient (Wildman–Crippen LogP) is 1.98. The zero-order chi connectivity index (χ0) is 21.5. The van der Waals surface area contributed by atoms with Crippen LogP contribution in [0.2, 0.25) is 0 Å². The van der Waals surface area contributed by atoms with Crippen molar-refractivity contribution < 1.29 is 19.0 Å². The Labute approximate surface area is 175 Å². The maximum Gasteiger partial charge on any atom is 0.177 e. The second-order valence-electron chi connectivity index (χ2n) is 7.41. The molecule has 2 N–H and O–H groups in total. The van der Waals surface area contributed by atoms with Crippen molar-refractivity contribution in [1.29, 1.82) is 0 Å². The molecular weight excluding hydrogens is 408 g/mol. The highest BCUT2D eigenvalue weighted by Crippen LogP contribution is 2.40. The average Bonchev–Trinajstić information content (AvgIpc) is 3.47. The Morgan fingerprint density at radius 3 is 2.90 bits per heavy atom. The number of rotatable bonds is 5. The first kappa shape index (κ1) is 19.4. The summed E-state index contributed by atoms with van der Waals surface area (Å²) in [7, 11) is 0. The number of hydrogen-bond donors (Lipinski definition) is 2. The van der Waals surface area contributed by atoms with Gasteiger partial charge >= 0.3 is 0 Å². The Morgan fingerprint density at radius 1 is 1.19 bits per heavy atom. The number of phenolic OH excluding ortho intramolecular Hbond substituents is 1. The lowest BCUT2D eigenvalue weighted by molar-refractivity contribution is 0.298. The molecule has 160 valence electrons. The lowest BCUT2D eigenvalue weighted by Crippen LogP contribution is -2.25. The Bertz CT molecular complexity index is 1240. The van der Waals surface area contributed by atoms with Gasteiger partial charge < -0.3 is 15.1 Å². The molecule has 3 aromatic heterocycles. The van der Waals surface area contributed by atoms with Crippen molar-refractivity contribution in [3.8, 4) is 11.6 Å². The summed E-state index contributed by atoms with van der Waals surface area (Å²) in [6.45, 7) is 0.0229. The van der Waals surface area contributed by atoms with E-state index in [1.54, 1.807) is 33.9 Å². The van der Waals surface area contributed by atoms with Crippen LogP contribution in [0.3, 0.4) is 0 Å². The molecule has 1 aliphatic rings. The first-order chi connectivity index (χ1) is 15.0. The van der Waals surface area contributed by atoms with Gasteiger partial charge in [0.15, 0.2) is 11.5 Å². The zero-order valence-electron chi connectivity index (χ0n) is 16.3. The van der Waals surface area contributed by atoms with Gasteiger partial charge in [-0.15, -0.1) is 10.2 Å². The minimum atomic E-state index is -1.15. The summed E-state index contributed by atoms with van der Waals surface area (Å²) in [4.78, 5) is 6.03. The number of aliphatic hydroxyl groups is 1. The van der Waals surface area contributed by atoms with E-state index >= 15 is 0 Å². The van der Waals surface area contributed by atoms with Crippen molar-refractivity contribution >= 4 is 11.5 Å². The predicted molar refractivity (Wildman–Crippen MR) is 106 cm³/mol. The fourth-order valence-electron chi connectivity index (χ4n) is 3.93. The minimum Gasteiger partial charge on any atom is -0.508 e. The number of aromatic nitrogens is 6. The topological polar surface area (TPSA) is 105 Å². The number of aromatic hydroxyl groups is 1. The first-order valence-electron chi connectivity index (χ1n) is 9.80. The lowest BCUT2D eigenvalue weighted by Gasteiger charge is -2.26. The van der Waals surface area contributed by atoms with Gasteiger partial charge in [-0.1, -0.05) is 5.21 Å². The van der Waals surface area contributed by atoms with Crippen LogP contribution in [-0.4, -0.2) is 59.1 Å². The molecular formula is C20H19F2N7O2. The smallest absolute Gasteiger partial charge is 0.177 e. The van der Waals surface area contributed by atoms with Crippen LogP contribution in [0.15, 0.2) is 42.7 Å². The van der Waals surface area contributed by atoms with Crippen molar-refractivity contribution in [2.24, 2.45) is 0 Å². The van der Waals surface area contributed by atoms with Gasteiger partial charge in [0, 0.05) is 25.0 Å². The van der Waals surface area contributed by atoms with Gasteiger partial charge in [-0.3, -0.25) is 0 Å². The molecule has 31 heavy (non-hydrogen) atoms. The van der Waals surface area contributed by atoms with E-state index in [9.17, 15) is 13.9 Å². The highest BCUT2D eigenvalue weighted by Gasteiger charge is 2.36. The molecule has 0 bridgehead atoms. The van der Waals surface area contributed by atoms with E-state index in [1.165, 1.54) is 16.8 Å². The number of aliphatic hydroxyl groups excluding tert-OH is 1. The molecule has 0 unspecified atom stereocenters. The number of imidazole rings is 1. The number of hydrogen-bond acceptors (Lipinski definition) is 7. The first-order valence-corrected chi connectivity index (χ1v) is 9.80. The highest BCUT2D eigenvalue weighted by atomic mass is 19.1. The van der Waals surface area contributed by atoms with Crippen molar-refractivity contribution in [3.63, 3.8) is 0 Å². The van der Waals surface area contributed by atoms with Crippen LogP contribution >= 0.6 is 0 Å². The van der Waals surface area contributed by atoms with Gasteiger partial charge in [0.05, 0.1) is 30.7 Å². The molecule has 0 saturated carbocycles. The van der Waals surface area contributed by atoms with Crippen LogP contribution < -0.4 is 4.90 Å². The number of benzene rings is 1. The molecule has 4 heterocycles. The third kappa shape index (κ3) is 3.46. The summed E-state index contributed by atoms with van der Waals surface area (Å²) in [5.74, 6) is 0.389. The van der Waals surface area contributed by atoms with Crippen molar-refractivity contribution in [3.05, 3.63) is 59.8 Å². The van der Waals surface area contributed by atoms with Gasteiger partial charge in [-0.2, -0.15) is 4.52 Å². The summed E-state index contributed by atoms with van der Waals surface area (Å²) < 4.78 is 31.3. The van der Waals surface area contributed by atoms with Gasteiger partial charge in [0.1, 0.15) is 23.6 Å². The standard InChI is InChI=1S/C20H19F2N7O2/c21-12-1-2-17(31)15(7-12)16-8-13(22)10-27(16)19-4-3-18-23-9-20(29(18)25-19)28-11-14(5-6-30)24-26-28/h1-4,7,9,11,13,16,30-31H,5-6,8,10H2/t13-,16+/m0/s1. The van der Waals surface area contributed by atoms with E-state index in [1.807, 2.05) is 0 Å². The monoisotopic (exact) mass is 427 g/mol. The molecule has 9 nitrogen and oxygen atoms in total. The summed E-state index contributed by atoms with van der Waals surface area (Å²) in [6.07, 6.45) is 2.60. The number of fused-ring (bicyclic) bond motifs is 1. The molecule has 0 spiro atoms. The molecule has 1 aromatic carbocycles. The molecule has 1 fully saturated rings. The summed E-state index contributed by atoms with van der Waals surface area (Å²) in [5, 5.41) is 32.0. The Morgan fingerprint density at radius 2 is 2.06 bits per heavy atom. The van der Waals surface area contributed by atoms with Crippen LogP contribution in [-0.2, 0) is 6.42 Å². The number of nitrogens with zero attached hydrogens (tertiary/aromatic N) is 7. The number of anilines is 1. The number of halogens is 2. The fraction of sp³-hybridized carbons (Fsp3) is 0.300. The van der Waals surface area contributed by atoms with Crippen molar-refractivity contribution in [2.75, 3.05) is 18.1 Å². The molecule has 11 heteroatoms. The molecule has 2 atom stereocenters. The normalized spacial score (nSPS) is 18.9. The second-order valence-corrected chi connectivity index (χ2v) is 7.41. The van der Waals surface area contributed by atoms with Crippen LogP contribution in [0.4, 0.5) is 14.6 Å². The van der Waals surface area contributed by atoms with Crippen molar-refractivity contribution in [2.45, 2.75) is 25.1 Å². The van der Waals surface area contributed by atoms with E-state index in [0.29, 0.717) is 35.0 Å². The molecule has 4 aromatic rings. The largest absolute Gasteiger partial charge is 0.508 e. The van der Waals surface area contributed by atoms with E-state index < -0.39 is 18.0 Å². The van der Waals surface area contributed by atoms with Crippen molar-refractivity contribution in [1.82, 2.24) is 29.6 Å². The zero-order valence-corrected chi connectivity index (χ0v) is 16.3. The minimum absolute atomic E-state index is 0.0398. The van der Waals surface area contributed by atoms with Crippen LogP contribution in [0.5, 0.6) is 5.75 Å². The molecule has 0 radical (unpaired) electrons. The Balaban J connectivity index is 1.55. The number of phenols is 1. The summed E-state index contributed by atoms with van der Waals surface area (Å²) >= 11 is 0. The van der Waals surface area contributed by atoms with E-state index in [0.717, 1.165) is 6.07 Å². The van der Waals surface area contributed by atoms with Gasteiger partial charge in [-0.25, -0.2) is 18.4 Å².